The number of nitrogens with one attached hydrogen (secondary N) is 1. The van der Waals surface area contributed by atoms with E-state index in [1.54, 1.807) is 7.11 Å². The van der Waals surface area contributed by atoms with Crippen LogP contribution >= 0.6 is 0 Å². The molecule has 22 heavy (non-hydrogen) atoms. The minimum atomic E-state index is -0.0290. The summed E-state index contributed by atoms with van der Waals surface area (Å²) >= 11 is 0. The maximum Gasteiger partial charge on any atom is 0.198 e. The molecule has 3 aliphatic rings. The topological polar surface area (TPSA) is 33.7 Å². The maximum atomic E-state index is 6.34. The number of benzene rings is 1. The number of fused-ring (bicyclic) bond motifs is 2. The fourth-order valence-electron chi connectivity index (χ4n) is 3.25. The first-order valence-corrected chi connectivity index (χ1v) is 7.76. The lowest BCUT2D eigenvalue weighted by atomic mass is 9.97. The van der Waals surface area contributed by atoms with Gasteiger partial charge in [0.2, 0.25) is 0 Å². The van der Waals surface area contributed by atoms with Crippen LogP contribution in [-0.4, -0.2) is 44.3 Å². The molecule has 0 bridgehead atoms. The summed E-state index contributed by atoms with van der Waals surface area (Å²) < 4.78 is 11.7. The van der Waals surface area contributed by atoms with Gasteiger partial charge in [-0.3, -0.25) is 0 Å². The Balaban J connectivity index is 1.92. The van der Waals surface area contributed by atoms with Crippen molar-refractivity contribution < 1.29 is 9.47 Å². The Morgan fingerprint density at radius 1 is 1.18 bits per heavy atom. The van der Waals surface area contributed by atoms with Crippen LogP contribution in [0.2, 0.25) is 0 Å². The van der Waals surface area contributed by atoms with E-state index in [1.165, 1.54) is 16.0 Å². The second kappa shape index (κ2) is 5.54. The van der Waals surface area contributed by atoms with Crippen molar-refractivity contribution in [3.05, 3.63) is 58.7 Å². The Labute approximate surface area is 130 Å². The molecule has 1 aromatic carbocycles. The van der Waals surface area contributed by atoms with E-state index in [0.29, 0.717) is 0 Å². The lowest BCUT2D eigenvalue weighted by Crippen LogP contribution is -2.49. The average Bonchev–Trinajstić information content (AvgIpc) is 2.61. The lowest BCUT2D eigenvalue weighted by Gasteiger charge is -2.35. The zero-order valence-electron chi connectivity index (χ0n) is 12.7. The van der Waals surface area contributed by atoms with Gasteiger partial charge in [0.1, 0.15) is 11.9 Å². The molecule has 4 nitrogen and oxygen atoms in total. The van der Waals surface area contributed by atoms with E-state index < -0.39 is 0 Å². The standard InChI is InChI=1S/C18H20N2O2/c1-21-13-6-7-17-16(12-13)14-4-2-3-5-15(14)18(22-17)20-10-8-19-9-11-20/h2-7,12,17,19H,8-11H2,1H3. The summed E-state index contributed by atoms with van der Waals surface area (Å²) in [6.07, 6.45) is 6.11. The quantitative estimate of drug-likeness (QED) is 0.851. The fourth-order valence-corrected chi connectivity index (χ4v) is 3.25. The van der Waals surface area contributed by atoms with Gasteiger partial charge in [0.25, 0.3) is 0 Å². The van der Waals surface area contributed by atoms with Crippen LogP contribution in [0.15, 0.2) is 48.3 Å². The van der Waals surface area contributed by atoms with Gasteiger partial charge in [-0.05, 0) is 29.5 Å². The second-order valence-corrected chi connectivity index (χ2v) is 5.69. The molecule has 114 valence electrons. The zero-order chi connectivity index (χ0) is 14.9. The van der Waals surface area contributed by atoms with Crippen LogP contribution in [0.4, 0.5) is 0 Å². The van der Waals surface area contributed by atoms with Crippen LogP contribution in [0.1, 0.15) is 0 Å². The summed E-state index contributed by atoms with van der Waals surface area (Å²) in [5.41, 5.74) is 1.17. The van der Waals surface area contributed by atoms with Crippen molar-refractivity contribution in [2.75, 3.05) is 33.3 Å². The molecule has 0 radical (unpaired) electrons. The third kappa shape index (κ3) is 2.20. The molecule has 1 fully saturated rings. The molecule has 2 heterocycles. The van der Waals surface area contributed by atoms with Crippen LogP contribution in [0, 0.1) is 0 Å². The van der Waals surface area contributed by atoms with E-state index >= 15 is 0 Å². The predicted octanol–water partition coefficient (Wildman–Crippen LogP) is 0.307. The molecule has 0 saturated carbocycles. The average molecular weight is 296 g/mol. The Bertz CT molecular complexity index is 758. The number of hydrogen-bond donors (Lipinski definition) is 1. The van der Waals surface area contributed by atoms with E-state index in [4.69, 9.17) is 9.47 Å². The van der Waals surface area contributed by atoms with Crippen LogP contribution in [-0.2, 0) is 9.47 Å². The van der Waals surface area contributed by atoms with Crippen molar-refractivity contribution >= 4 is 11.5 Å². The Hall–Kier alpha value is -2.20. The Morgan fingerprint density at radius 3 is 2.73 bits per heavy atom. The summed E-state index contributed by atoms with van der Waals surface area (Å²) in [6.45, 7) is 3.96. The van der Waals surface area contributed by atoms with E-state index in [-0.39, 0.29) is 6.10 Å². The third-order valence-electron chi connectivity index (χ3n) is 4.39. The number of piperazine rings is 1. The van der Waals surface area contributed by atoms with Crippen molar-refractivity contribution in [3.8, 4) is 0 Å². The molecule has 1 atom stereocenters. The van der Waals surface area contributed by atoms with Crippen molar-refractivity contribution in [1.29, 1.82) is 0 Å². The predicted molar refractivity (Wildman–Crippen MR) is 86.1 cm³/mol. The lowest BCUT2D eigenvalue weighted by molar-refractivity contribution is 0.161. The third-order valence-corrected chi connectivity index (χ3v) is 4.39. The van der Waals surface area contributed by atoms with Gasteiger partial charge < -0.3 is 19.7 Å². The minimum absolute atomic E-state index is 0.0290. The molecule has 0 spiro atoms. The van der Waals surface area contributed by atoms with E-state index in [9.17, 15) is 0 Å². The molecule has 4 rings (SSSR count). The van der Waals surface area contributed by atoms with E-state index in [2.05, 4.69) is 46.6 Å². The largest absolute Gasteiger partial charge is 0.497 e. The molecule has 0 aromatic heterocycles. The number of methoxy groups -OCH3 is 1. The van der Waals surface area contributed by atoms with E-state index in [1.807, 2.05) is 6.08 Å². The van der Waals surface area contributed by atoms with Gasteiger partial charge in [-0.2, -0.15) is 0 Å². The highest BCUT2D eigenvalue weighted by Gasteiger charge is 2.26. The van der Waals surface area contributed by atoms with Gasteiger partial charge in [0.15, 0.2) is 5.88 Å². The van der Waals surface area contributed by atoms with Crippen LogP contribution < -0.4 is 15.8 Å². The summed E-state index contributed by atoms with van der Waals surface area (Å²) in [6, 6.07) is 8.48. The van der Waals surface area contributed by atoms with Crippen LogP contribution in [0.25, 0.3) is 11.5 Å². The molecule has 1 aromatic rings. The molecule has 1 saturated heterocycles. The van der Waals surface area contributed by atoms with Gasteiger partial charge in [-0.25, -0.2) is 0 Å². The number of allylic oxidation sites excluding steroid dienone is 1. The molecule has 2 aliphatic heterocycles. The summed E-state index contributed by atoms with van der Waals surface area (Å²) in [4.78, 5) is 2.34. The zero-order valence-corrected chi connectivity index (χ0v) is 12.7. The number of nitrogens with zero attached hydrogens (tertiary/aromatic N) is 1. The van der Waals surface area contributed by atoms with Crippen molar-refractivity contribution in [3.63, 3.8) is 0 Å². The summed E-state index contributed by atoms with van der Waals surface area (Å²) in [7, 11) is 1.70. The number of ether oxygens (including phenoxy) is 2. The first-order valence-electron chi connectivity index (χ1n) is 7.76. The van der Waals surface area contributed by atoms with Gasteiger partial charge in [0.05, 0.1) is 7.11 Å². The first kappa shape index (κ1) is 13.5. The van der Waals surface area contributed by atoms with Crippen molar-refractivity contribution in [2.24, 2.45) is 0 Å². The van der Waals surface area contributed by atoms with Crippen molar-refractivity contribution in [2.45, 2.75) is 6.10 Å². The molecule has 0 amide bonds. The fraction of sp³-hybridized carbons (Fsp3) is 0.333. The summed E-state index contributed by atoms with van der Waals surface area (Å²) in [5.74, 6) is 1.88. The Kier molecular flexibility index (Phi) is 3.39. The molecule has 4 heteroatoms. The normalized spacial score (nSPS) is 23.4. The SMILES string of the molecule is COC1=CC2=c3ccccc3=C(N3CCNCC3)OC2C=C1. The second-order valence-electron chi connectivity index (χ2n) is 5.69. The highest BCUT2D eigenvalue weighted by Crippen LogP contribution is 2.25. The van der Waals surface area contributed by atoms with Gasteiger partial charge >= 0.3 is 0 Å². The number of rotatable bonds is 2. The molecule has 1 unspecified atom stereocenters. The van der Waals surface area contributed by atoms with Gasteiger partial charge in [-0.15, -0.1) is 0 Å². The number of hydrogen-bond acceptors (Lipinski definition) is 4. The minimum Gasteiger partial charge on any atom is -0.497 e. The molecule has 1 N–H and O–H groups in total. The highest BCUT2D eigenvalue weighted by molar-refractivity contribution is 5.69. The van der Waals surface area contributed by atoms with Crippen LogP contribution in [0.5, 0.6) is 0 Å². The maximum absolute atomic E-state index is 6.34. The molecular formula is C18H20N2O2. The van der Waals surface area contributed by atoms with Crippen LogP contribution in [0.3, 0.4) is 0 Å². The molecular weight excluding hydrogens is 276 g/mol. The highest BCUT2D eigenvalue weighted by atomic mass is 16.5. The van der Waals surface area contributed by atoms with E-state index in [0.717, 1.165) is 37.8 Å². The molecule has 1 aliphatic carbocycles. The Morgan fingerprint density at radius 2 is 1.95 bits per heavy atom. The van der Waals surface area contributed by atoms with Gasteiger partial charge in [-0.1, -0.05) is 18.2 Å². The van der Waals surface area contributed by atoms with Crippen molar-refractivity contribution in [1.82, 2.24) is 10.2 Å². The smallest absolute Gasteiger partial charge is 0.198 e. The first-order chi connectivity index (χ1) is 10.9. The summed E-state index contributed by atoms with van der Waals surface area (Å²) in [5, 5.41) is 5.81. The monoisotopic (exact) mass is 296 g/mol. The van der Waals surface area contributed by atoms with Gasteiger partial charge in [0, 0.05) is 37.0 Å².